The average Bonchev–Trinajstić information content (AvgIpc) is 2.21. The molecule has 0 radical (unpaired) electrons. The fourth-order valence-electron chi connectivity index (χ4n) is 0.982. The lowest BCUT2D eigenvalue weighted by atomic mass is 10.3. The van der Waals surface area contributed by atoms with Gasteiger partial charge in [-0.05, 0) is 13.3 Å². The highest BCUT2D eigenvalue weighted by atomic mass is 19.1. The van der Waals surface area contributed by atoms with E-state index in [0.717, 1.165) is 12.5 Å². The molecule has 1 rings (SSSR count). The lowest BCUT2D eigenvalue weighted by Gasteiger charge is -2.13. The van der Waals surface area contributed by atoms with Gasteiger partial charge >= 0.3 is 0 Å². The number of hydrogen-bond donors (Lipinski definition) is 1. The van der Waals surface area contributed by atoms with Gasteiger partial charge in [0.2, 0.25) is 0 Å². The molecular weight excluding hydrogens is 202 g/mol. The summed E-state index contributed by atoms with van der Waals surface area (Å²) in [4.78, 5) is 3.69. The van der Waals surface area contributed by atoms with E-state index in [1.165, 1.54) is 7.05 Å². The first kappa shape index (κ1) is 11.7. The highest BCUT2D eigenvalue weighted by Crippen LogP contribution is 2.21. The maximum Gasteiger partial charge on any atom is 0.252 e. The summed E-state index contributed by atoms with van der Waals surface area (Å²) < 4.78 is 31.4. The largest absolute Gasteiger partial charge is 0.473 e. The molecule has 84 valence electrons. The zero-order chi connectivity index (χ0) is 11.4. The number of hydrogen-bond acceptors (Lipinski definition) is 3. The lowest BCUT2D eigenvalue weighted by molar-refractivity contribution is 0.198. The summed E-state index contributed by atoms with van der Waals surface area (Å²) in [6.07, 6.45) is 0.579. The van der Waals surface area contributed by atoms with Crippen molar-refractivity contribution in [3.05, 3.63) is 17.7 Å². The second-order valence-corrected chi connectivity index (χ2v) is 3.19. The number of aromatic nitrogens is 1. The van der Waals surface area contributed by atoms with Crippen molar-refractivity contribution in [2.75, 3.05) is 12.4 Å². The van der Waals surface area contributed by atoms with Crippen LogP contribution in [-0.2, 0) is 0 Å². The molecule has 1 aromatic heterocycles. The minimum absolute atomic E-state index is 0.0188. The molecular formula is C10H14F2N2O. The normalized spacial score (nSPS) is 12.3. The Morgan fingerprint density at radius 2 is 2.13 bits per heavy atom. The van der Waals surface area contributed by atoms with Crippen molar-refractivity contribution < 1.29 is 13.5 Å². The molecule has 1 aromatic rings. The number of pyridine rings is 1. The molecule has 0 fully saturated rings. The SMILES string of the molecule is CCC(C)Oc1nc(NC)c(F)cc1F. The van der Waals surface area contributed by atoms with E-state index in [-0.39, 0.29) is 17.8 Å². The van der Waals surface area contributed by atoms with Gasteiger partial charge in [-0.25, -0.2) is 8.78 Å². The van der Waals surface area contributed by atoms with Crippen LogP contribution in [0.4, 0.5) is 14.6 Å². The Hall–Kier alpha value is -1.39. The van der Waals surface area contributed by atoms with Crippen LogP contribution in [0.25, 0.3) is 0 Å². The van der Waals surface area contributed by atoms with Gasteiger partial charge in [0.15, 0.2) is 17.5 Å². The summed E-state index contributed by atoms with van der Waals surface area (Å²) in [6.45, 7) is 3.70. The van der Waals surface area contributed by atoms with Crippen LogP contribution in [0.5, 0.6) is 5.88 Å². The van der Waals surface area contributed by atoms with E-state index < -0.39 is 11.6 Å². The molecule has 0 aliphatic rings. The Kier molecular flexibility index (Phi) is 3.82. The van der Waals surface area contributed by atoms with Crippen molar-refractivity contribution >= 4 is 5.82 Å². The molecule has 15 heavy (non-hydrogen) atoms. The Morgan fingerprint density at radius 1 is 1.47 bits per heavy atom. The first-order chi connectivity index (χ1) is 7.08. The highest BCUT2D eigenvalue weighted by molar-refractivity contribution is 5.38. The van der Waals surface area contributed by atoms with Crippen molar-refractivity contribution in [3.8, 4) is 5.88 Å². The highest BCUT2D eigenvalue weighted by Gasteiger charge is 2.13. The molecule has 0 amide bonds. The van der Waals surface area contributed by atoms with Crippen LogP contribution in [0.1, 0.15) is 20.3 Å². The quantitative estimate of drug-likeness (QED) is 0.839. The summed E-state index contributed by atoms with van der Waals surface area (Å²) in [6, 6.07) is 0.760. The zero-order valence-electron chi connectivity index (χ0n) is 8.97. The smallest absolute Gasteiger partial charge is 0.252 e. The van der Waals surface area contributed by atoms with Gasteiger partial charge in [-0.15, -0.1) is 0 Å². The second kappa shape index (κ2) is 4.91. The van der Waals surface area contributed by atoms with E-state index in [1.54, 1.807) is 6.92 Å². The third-order valence-electron chi connectivity index (χ3n) is 2.02. The molecule has 1 atom stereocenters. The van der Waals surface area contributed by atoms with Crippen LogP contribution in [0, 0.1) is 11.6 Å². The number of ether oxygens (including phenoxy) is 1. The monoisotopic (exact) mass is 216 g/mol. The van der Waals surface area contributed by atoms with E-state index >= 15 is 0 Å². The number of nitrogens with one attached hydrogen (secondary N) is 1. The number of rotatable bonds is 4. The van der Waals surface area contributed by atoms with E-state index in [4.69, 9.17) is 4.74 Å². The van der Waals surface area contributed by atoms with E-state index in [2.05, 4.69) is 10.3 Å². The molecule has 1 unspecified atom stereocenters. The molecule has 1 N–H and O–H groups in total. The molecule has 1 heterocycles. The summed E-state index contributed by atoms with van der Waals surface area (Å²) in [5.74, 6) is -1.71. The van der Waals surface area contributed by atoms with Crippen LogP contribution in [0.2, 0.25) is 0 Å². The van der Waals surface area contributed by atoms with E-state index in [9.17, 15) is 8.78 Å². The van der Waals surface area contributed by atoms with Crippen molar-refractivity contribution in [2.24, 2.45) is 0 Å². The number of nitrogens with zero attached hydrogens (tertiary/aromatic N) is 1. The Balaban J connectivity index is 2.97. The Morgan fingerprint density at radius 3 is 2.67 bits per heavy atom. The standard InChI is InChI=1S/C10H14F2N2O/c1-4-6(2)15-10-8(12)5-7(11)9(13-3)14-10/h5-6H,4H2,1-3H3,(H,13,14). The van der Waals surface area contributed by atoms with Crippen molar-refractivity contribution in [3.63, 3.8) is 0 Å². The molecule has 0 spiro atoms. The summed E-state index contributed by atoms with van der Waals surface area (Å²) in [7, 11) is 1.51. The van der Waals surface area contributed by atoms with Crippen LogP contribution < -0.4 is 10.1 Å². The topological polar surface area (TPSA) is 34.1 Å². The predicted octanol–water partition coefficient (Wildman–Crippen LogP) is 2.58. The van der Waals surface area contributed by atoms with Crippen LogP contribution in [0.3, 0.4) is 0 Å². The molecule has 5 heteroatoms. The number of halogens is 2. The molecule has 0 aliphatic carbocycles. The lowest BCUT2D eigenvalue weighted by Crippen LogP contribution is -2.13. The van der Waals surface area contributed by atoms with Gasteiger partial charge in [0.05, 0.1) is 6.10 Å². The molecule has 0 bridgehead atoms. The van der Waals surface area contributed by atoms with Gasteiger partial charge in [-0.3, -0.25) is 0 Å². The first-order valence-electron chi connectivity index (χ1n) is 4.79. The molecule has 0 aliphatic heterocycles. The summed E-state index contributed by atoms with van der Waals surface area (Å²) in [5.41, 5.74) is 0. The van der Waals surface area contributed by atoms with Gasteiger partial charge < -0.3 is 10.1 Å². The average molecular weight is 216 g/mol. The Bertz CT molecular complexity index is 344. The third kappa shape index (κ3) is 2.78. The summed E-state index contributed by atoms with van der Waals surface area (Å²) in [5, 5.41) is 2.52. The van der Waals surface area contributed by atoms with Crippen LogP contribution in [0.15, 0.2) is 6.07 Å². The third-order valence-corrected chi connectivity index (χ3v) is 2.02. The molecule has 0 saturated carbocycles. The minimum Gasteiger partial charge on any atom is -0.473 e. The minimum atomic E-state index is -0.785. The van der Waals surface area contributed by atoms with Gasteiger partial charge in [0.25, 0.3) is 5.88 Å². The maximum absolute atomic E-state index is 13.2. The molecule has 0 saturated heterocycles. The van der Waals surface area contributed by atoms with Gasteiger partial charge in [0.1, 0.15) is 0 Å². The van der Waals surface area contributed by atoms with Gasteiger partial charge in [0, 0.05) is 13.1 Å². The summed E-state index contributed by atoms with van der Waals surface area (Å²) >= 11 is 0. The second-order valence-electron chi connectivity index (χ2n) is 3.19. The fraction of sp³-hybridized carbons (Fsp3) is 0.500. The van der Waals surface area contributed by atoms with E-state index in [1.807, 2.05) is 6.92 Å². The fourth-order valence-corrected chi connectivity index (χ4v) is 0.982. The van der Waals surface area contributed by atoms with Gasteiger partial charge in [-0.1, -0.05) is 6.92 Å². The Labute approximate surface area is 87.5 Å². The van der Waals surface area contributed by atoms with Gasteiger partial charge in [-0.2, -0.15) is 4.98 Å². The molecule has 0 aromatic carbocycles. The first-order valence-corrected chi connectivity index (χ1v) is 4.79. The van der Waals surface area contributed by atoms with Crippen LogP contribution >= 0.6 is 0 Å². The number of anilines is 1. The van der Waals surface area contributed by atoms with Crippen molar-refractivity contribution in [2.45, 2.75) is 26.4 Å². The van der Waals surface area contributed by atoms with E-state index in [0.29, 0.717) is 0 Å². The van der Waals surface area contributed by atoms with Crippen LogP contribution in [-0.4, -0.2) is 18.1 Å². The molecule has 3 nitrogen and oxygen atoms in total. The zero-order valence-corrected chi connectivity index (χ0v) is 8.97. The maximum atomic E-state index is 13.2. The van der Waals surface area contributed by atoms with Crippen molar-refractivity contribution in [1.29, 1.82) is 0 Å². The van der Waals surface area contributed by atoms with Crippen molar-refractivity contribution in [1.82, 2.24) is 4.98 Å². The predicted molar refractivity (Wildman–Crippen MR) is 54.1 cm³/mol.